The van der Waals surface area contributed by atoms with Crippen LogP contribution in [-0.4, -0.2) is 17.0 Å². The van der Waals surface area contributed by atoms with Crippen molar-refractivity contribution < 1.29 is 4.39 Å². The number of anilines is 2. The Labute approximate surface area is 122 Å². The van der Waals surface area contributed by atoms with Crippen LogP contribution in [0.5, 0.6) is 0 Å². The van der Waals surface area contributed by atoms with E-state index in [0.29, 0.717) is 17.9 Å². The summed E-state index contributed by atoms with van der Waals surface area (Å²) in [5.74, 6) is 0.682. The van der Waals surface area contributed by atoms with Crippen LogP contribution in [-0.2, 0) is 6.54 Å². The average Bonchev–Trinajstić information content (AvgIpc) is 2.48. The fraction of sp³-hybridized carbons (Fsp3) is 0.125. The number of benzene rings is 2. The highest BCUT2D eigenvalue weighted by atomic mass is 19.1. The Hall–Kier alpha value is -2.69. The first-order chi connectivity index (χ1) is 10.1. The van der Waals surface area contributed by atoms with Crippen molar-refractivity contribution in [3.8, 4) is 0 Å². The molecular formula is C16H15FN4. The first-order valence-electron chi connectivity index (χ1n) is 6.62. The molecule has 106 valence electrons. The van der Waals surface area contributed by atoms with Crippen LogP contribution >= 0.6 is 0 Å². The van der Waals surface area contributed by atoms with E-state index < -0.39 is 0 Å². The number of hydrogen-bond acceptors (Lipinski definition) is 4. The van der Waals surface area contributed by atoms with Crippen molar-refractivity contribution in [2.45, 2.75) is 6.54 Å². The molecule has 5 heteroatoms. The van der Waals surface area contributed by atoms with Crippen LogP contribution in [0.2, 0.25) is 0 Å². The van der Waals surface area contributed by atoms with Crippen molar-refractivity contribution in [1.82, 2.24) is 9.97 Å². The monoisotopic (exact) mass is 282 g/mol. The molecule has 0 amide bonds. The number of rotatable bonds is 3. The van der Waals surface area contributed by atoms with E-state index in [1.807, 2.05) is 42.3 Å². The molecule has 0 fully saturated rings. The van der Waals surface area contributed by atoms with Gasteiger partial charge in [-0.1, -0.05) is 30.3 Å². The van der Waals surface area contributed by atoms with E-state index in [9.17, 15) is 4.39 Å². The van der Waals surface area contributed by atoms with Gasteiger partial charge < -0.3 is 10.6 Å². The number of hydrogen-bond donors (Lipinski definition) is 1. The molecule has 0 radical (unpaired) electrons. The average molecular weight is 282 g/mol. The maximum atomic E-state index is 13.8. The van der Waals surface area contributed by atoms with Crippen LogP contribution < -0.4 is 10.6 Å². The van der Waals surface area contributed by atoms with Crippen molar-refractivity contribution in [2.75, 3.05) is 17.7 Å². The van der Waals surface area contributed by atoms with Gasteiger partial charge in [0.2, 0.25) is 5.95 Å². The smallest absolute Gasteiger partial charge is 0.222 e. The summed E-state index contributed by atoms with van der Waals surface area (Å²) in [5.41, 5.74) is 7.15. The van der Waals surface area contributed by atoms with Gasteiger partial charge in [0.05, 0.1) is 5.52 Å². The molecule has 2 N–H and O–H groups in total. The van der Waals surface area contributed by atoms with E-state index in [1.165, 1.54) is 6.07 Å². The molecular weight excluding hydrogens is 267 g/mol. The lowest BCUT2D eigenvalue weighted by atomic mass is 10.2. The fourth-order valence-corrected chi connectivity index (χ4v) is 2.33. The van der Waals surface area contributed by atoms with Gasteiger partial charge in [0, 0.05) is 24.5 Å². The van der Waals surface area contributed by atoms with E-state index in [4.69, 9.17) is 5.73 Å². The van der Waals surface area contributed by atoms with Gasteiger partial charge in [0.15, 0.2) is 0 Å². The summed E-state index contributed by atoms with van der Waals surface area (Å²) in [4.78, 5) is 10.4. The Morgan fingerprint density at radius 3 is 2.57 bits per heavy atom. The van der Waals surface area contributed by atoms with Crippen LogP contribution in [0.4, 0.5) is 16.2 Å². The minimum atomic E-state index is -0.226. The number of halogens is 1. The molecule has 21 heavy (non-hydrogen) atoms. The molecule has 3 aromatic rings. The van der Waals surface area contributed by atoms with Gasteiger partial charge in [-0.05, 0) is 18.2 Å². The van der Waals surface area contributed by atoms with E-state index in [0.717, 1.165) is 10.9 Å². The summed E-state index contributed by atoms with van der Waals surface area (Å²) in [7, 11) is 1.86. The van der Waals surface area contributed by atoms with Crippen LogP contribution in [0.3, 0.4) is 0 Å². The highest BCUT2D eigenvalue weighted by Crippen LogP contribution is 2.25. The molecule has 0 saturated carbocycles. The zero-order valence-corrected chi connectivity index (χ0v) is 11.6. The quantitative estimate of drug-likeness (QED) is 0.802. The van der Waals surface area contributed by atoms with Gasteiger partial charge in [0.25, 0.3) is 0 Å². The SMILES string of the molecule is CN(Cc1ccccc1F)c1nc(N)nc2ccccc12. The lowest BCUT2D eigenvalue weighted by Crippen LogP contribution is -2.19. The highest BCUT2D eigenvalue weighted by molar-refractivity contribution is 5.90. The predicted molar refractivity (Wildman–Crippen MR) is 82.5 cm³/mol. The fourth-order valence-electron chi connectivity index (χ4n) is 2.33. The van der Waals surface area contributed by atoms with Crippen LogP contribution in [0.15, 0.2) is 48.5 Å². The van der Waals surface area contributed by atoms with E-state index in [2.05, 4.69) is 9.97 Å². The summed E-state index contributed by atoms with van der Waals surface area (Å²) >= 11 is 0. The van der Waals surface area contributed by atoms with E-state index in [1.54, 1.807) is 12.1 Å². The number of aromatic nitrogens is 2. The van der Waals surface area contributed by atoms with Gasteiger partial charge in [-0.3, -0.25) is 0 Å². The molecule has 4 nitrogen and oxygen atoms in total. The number of para-hydroxylation sites is 1. The second kappa shape index (κ2) is 5.36. The van der Waals surface area contributed by atoms with Crippen molar-refractivity contribution in [2.24, 2.45) is 0 Å². The minimum absolute atomic E-state index is 0.212. The van der Waals surface area contributed by atoms with Crippen molar-refractivity contribution in [3.63, 3.8) is 0 Å². The number of nitrogen functional groups attached to an aromatic ring is 1. The maximum Gasteiger partial charge on any atom is 0.222 e. The summed E-state index contributed by atoms with van der Waals surface area (Å²) < 4.78 is 13.8. The third-order valence-electron chi connectivity index (χ3n) is 3.33. The molecule has 1 heterocycles. The van der Waals surface area contributed by atoms with Crippen molar-refractivity contribution >= 4 is 22.7 Å². The third-order valence-corrected chi connectivity index (χ3v) is 3.33. The molecule has 1 aromatic heterocycles. The lowest BCUT2D eigenvalue weighted by molar-refractivity contribution is 0.607. The predicted octanol–water partition coefficient (Wildman–Crippen LogP) is 2.99. The Morgan fingerprint density at radius 1 is 1.05 bits per heavy atom. The zero-order valence-electron chi connectivity index (χ0n) is 11.6. The Morgan fingerprint density at radius 2 is 1.76 bits per heavy atom. The van der Waals surface area contributed by atoms with Crippen LogP contribution in [0.1, 0.15) is 5.56 Å². The number of fused-ring (bicyclic) bond motifs is 1. The molecule has 0 saturated heterocycles. The number of nitrogens with zero attached hydrogens (tertiary/aromatic N) is 3. The maximum absolute atomic E-state index is 13.8. The molecule has 0 unspecified atom stereocenters. The van der Waals surface area contributed by atoms with Crippen LogP contribution in [0.25, 0.3) is 10.9 Å². The topological polar surface area (TPSA) is 55.0 Å². The molecule has 0 atom stereocenters. The summed E-state index contributed by atoms with van der Waals surface area (Å²) in [6.07, 6.45) is 0. The second-order valence-electron chi connectivity index (χ2n) is 4.87. The molecule has 0 aliphatic carbocycles. The van der Waals surface area contributed by atoms with E-state index in [-0.39, 0.29) is 11.8 Å². The van der Waals surface area contributed by atoms with Crippen molar-refractivity contribution in [3.05, 3.63) is 59.9 Å². The van der Waals surface area contributed by atoms with Gasteiger partial charge in [-0.2, -0.15) is 4.98 Å². The van der Waals surface area contributed by atoms with Gasteiger partial charge in [-0.25, -0.2) is 9.37 Å². The molecule has 3 rings (SSSR count). The molecule has 0 aliphatic rings. The Balaban J connectivity index is 2.02. The van der Waals surface area contributed by atoms with Crippen LogP contribution in [0, 0.1) is 5.82 Å². The molecule has 2 aromatic carbocycles. The summed E-state index contributed by atoms with van der Waals surface area (Å²) in [6, 6.07) is 14.3. The van der Waals surface area contributed by atoms with Gasteiger partial charge in [0.1, 0.15) is 11.6 Å². The number of nitrogens with two attached hydrogens (primary N) is 1. The highest BCUT2D eigenvalue weighted by Gasteiger charge is 2.12. The van der Waals surface area contributed by atoms with E-state index >= 15 is 0 Å². The molecule has 0 aliphatic heterocycles. The second-order valence-corrected chi connectivity index (χ2v) is 4.87. The zero-order chi connectivity index (χ0) is 14.8. The summed E-state index contributed by atoms with van der Waals surface area (Å²) in [5, 5.41) is 0.894. The molecule has 0 bridgehead atoms. The molecule has 0 spiro atoms. The standard InChI is InChI=1S/C16H15FN4/c1-21(10-11-6-2-4-8-13(11)17)15-12-7-3-5-9-14(12)19-16(18)20-15/h2-9H,10H2,1H3,(H2,18,19,20). The normalized spacial score (nSPS) is 10.8. The minimum Gasteiger partial charge on any atom is -0.368 e. The first kappa shape index (κ1) is 13.3. The first-order valence-corrected chi connectivity index (χ1v) is 6.62. The lowest BCUT2D eigenvalue weighted by Gasteiger charge is -2.20. The largest absolute Gasteiger partial charge is 0.368 e. The van der Waals surface area contributed by atoms with Gasteiger partial charge >= 0.3 is 0 Å². The summed E-state index contributed by atoms with van der Waals surface area (Å²) in [6.45, 7) is 0.410. The van der Waals surface area contributed by atoms with Crippen molar-refractivity contribution in [1.29, 1.82) is 0 Å². The third kappa shape index (κ3) is 2.63. The van der Waals surface area contributed by atoms with Gasteiger partial charge in [-0.15, -0.1) is 0 Å². The Kier molecular flexibility index (Phi) is 3.39. The Bertz CT molecular complexity index is 788.